The van der Waals surface area contributed by atoms with E-state index in [1.165, 1.54) is 41.2 Å². The number of nitrogens with two attached hydrogens (primary N) is 1. The Bertz CT molecular complexity index is 418. The SMILES string of the molecule is Cc1cc(CN2CC3CCC(N)C3C2)c(C)s1.Cl. The largest absolute Gasteiger partial charge is 0.327 e. The lowest BCUT2D eigenvalue weighted by Crippen LogP contribution is -2.30. The number of hydrogen-bond acceptors (Lipinski definition) is 3. The topological polar surface area (TPSA) is 29.3 Å². The first-order valence-electron chi connectivity index (χ1n) is 6.67. The Kier molecular flexibility index (Phi) is 4.37. The zero-order valence-electron chi connectivity index (χ0n) is 11.2. The summed E-state index contributed by atoms with van der Waals surface area (Å²) >= 11 is 1.92. The first-order chi connectivity index (χ1) is 8.13. The normalized spacial score (nSPS) is 31.4. The molecule has 2 N–H and O–H groups in total. The van der Waals surface area contributed by atoms with Gasteiger partial charge in [-0.15, -0.1) is 23.7 Å². The minimum absolute atomic E-state index is 0. The van der Waals surface area contributed by atoms with E-state index in [0.717, 1.165) is 18.4 Å². The molecule has 0 aromatic carbocycles. The summed E-state index contributed by atoms with van der Waals surface area (Å²) in [5.41, 5.74) is 7.71. The number of halogens is 1. The van der Waals surface area contributed by atoms with Crippen LogP contribution in [0.25, 0.3) is 0 Å². The molecule has 2 fully saturated rings. The summed E-state index contributed by atoms with van der Waals surface area (Å²) in [7, 11) is 0. The zero-order valence-corrected chi connectivity index (χ0v) is 12.8. The van der Waals surface area contributed by atoms with Gasteiger partial charge < -0.3 is 5.73 Å². The first kappa shape index (κ1) is 14.3. The molecular formula is C14H23ClN2S. The lowest BCUT2D eigenvalue weighted by atomic mass is 9.98. The number of nitrogens with zero attached hydrogens (tertiary/aromatic N) is 1. The number of likely N-dealkylation sites (tertiary alicyclic amines) is 1. The van der Waals surface area contributed by atoms with Crippen molar-refractivity contribution in [2.75, 3.05) is 13.1 Å². The van der Waals surface area contributed by atoms with Crippen LogP contribution < -0.4 is 5.73 Å². The molecule has 0 bridgehead atoms. The Hall–Kier alpha value is -0.0900. The molecule has 2 heterocycles. The van der Waals surface area contributed by atoms with Gasteiger partial charge in [0.15, 0.2) is 0 Å². The van der Waals surface area contributed by atoms with E-state index >= 15 is 0 Å². The van der Waals surface area contributed by atoms with Crippen LogP contribution in [-0.2, 0) is 6.54 Å². The fourth-order valence-electron chi connectivity index (χ4n) is 3.61. The molecule has 1 aromatic heterocycles. The number of hydrogen-bond donors (Lipinski definition) is 1. The van der Waals surface area contributed by atoms with Gasteiger partial charge >= 0.3 is 0 Å². The van der Waals surface area contributed by atoms with E-state index in [0.29, 0.717) is 6.04 Å². The van der Waals surface area contributed by atoms with E-state index in [1.54, 1.807) is 0 Å². The molecule has 1 aromatic rings. The van der Waals surface area contributed by atoms with Crippen LogP contribution in [0.15, 0.2) is 6.07 Å². The molecule has 4 heteroatoms. The van der Waals surface area contributed by atoms with Gasteiger partial charge in [-0.3, -0.25) is 4.90 Å². The van der Waals surface area contributed by atoms with Crippen LogP contribution in [0.3, 0.4) is 0 Å². The van der Waals surface area contributed by atoms with Crippen molar-refractivity contribution < 1.29 is 0 Å². The summed E-state index contributed by atoms with van der Waals surface area (Å²) in [6.45, 7) is 8.08. The van der Waals surface area contributed by atoms with Crippen LogP contribution >= 0.6 is 23.7 Å². The standard InChI is InChI=1S/C14H22N2S.ClH/c1-9-5-12(10(2)17-9)7-16-6-11-3-4-14(15)13(11)8-16;/h5,11,13-14H,3-4,6-8,15H2,1-2H3;1H. The van der Waals surface area contributed by atoms with Gasteiger partial charge in [0.05, 0.1) is 0 Å². The minimum Gasteiger partial charge on any atom is -0.327 e. The highest BCUT2D eigenvalue weighted by Crippen LogP contribution is 2.38. The van der Waals surface area contributed by atoms with Gasteiger partial charge in [0.2, 0.25) is 0 Å². The molecular weight excluding hydrogens is 264 g/mol. The fraction of sp³-hybridized carbons (Fsp3) is 0.714. The van der Waals surface area contributed by atoms with Crippen LogP contribution in [-0.4, -0.2) is 24.0 Å². The van der Waals surface area contributed by atoms with Gasteiger partial charge in [0.1, 0.15) is 0 Å². The van der Waals surface area contributed by atoms with Crippen molar-refractivity contribution in [2.24, 2.45) is 17.6 Å². The molecule has 0 radical (unpaired) electrons. The van der Waals surface area contributed by atoms with Gasteiger partial charge in [-0.25, -0.2) is 0 Å². The molecule has 1 saturated heterocycles. The van der Waals surface area contributed by atoms with Crippen molar-refractivity contribution in [2.45, 2.75) is 39.3 Å². The van der Waals surface area contributed by atoms with E-state index in [9.17, 15) is 0 Å². The second-order valence-electron chi connectivity index (χ2n) is 5.80. The summed E-state index contributed by atoms with van der Waals surface area (Å²) in [5, 5.41) is 0. The summed E-state index contributed by atoms with van der Waals surface area (Å²) in [5.74, 6) is 1.65. The van der Waals surface area contributed by atoms with Gasteiger partial charge in [0, 0.05) is 35.4 Å². The molecule has 0 spiro atoms. The highest BCUT2D eigenvalue weighted by Gasteiger charge is 2.40. The molecule has 1 aliphatic heterocycles. The molecule has 3 atom stereocenters. The summed E-state index contributed by atoms with van der Waals surface area (Å²) < 4.78 is 0. The number of rotatable bonds is 2. The Balaban J connectivity index is 0.00000120. The van der Waals surface area contributed by atoms with E-state index in [-0.39, 0.29) is 12.4 Å². The van der Waals surface area contributed by atoms with Crippen LogP contribution in [0.5, 0.6) is 0 Å². The molecule has 0 amide bonds. The lowest BCUT2D eigenvalue weighted by molar-refractivity contribution is 0.298. The van der Waals surface area contributed by atoms with E-state index in [1.807, 2.05) is 11.3 Å². The predicted molar refractivity (Wildman–Crippen MR) is 80.5 cm³/mol. The van der Waals surface area contributed by atoms with Crippen molar-refractivity contribution in [3.8, 4) is 0 Å². The molecule has 1 aliphatic carbocycles. The third-order valence-electron chi connectivity index (χ3n) is 4.53. The van der Waals surface area contributed by atoms with Gasteiger partial charge in [-0.2, -0.15) is 0 Å². The summed E-state index contributed by atoms with van der Waals surface area (Å²) in [6, 6.07) is 2.82. The maximum Gasteiger partial charge on any atom is 0.0245 e. The third kappa shape index (κ3) is 2.60. The molecule has 3 unspecified atom stereocenters. The quantitative estimate of drug-likeness (QED) is 0.906. The monoisotopic (exact) mass is 286 g/mol. The number of fused-ring (bicyclic) bond motifs is 1. The van der Waals surface area contributed by atoms with Crippen LogP contribution in [0.4, 0.5) is 0 Å². The van der Waals surface area contributed by atoms with Crippen molar-refractivity contribution in [3.05, 3.63) is 21.4 Å². The molecule has 3 rings (SSSR count). The maximum absolute atomic E-state index is 6.18. The molecule has 102 valence electrons. The predicted octanol–water partition coefficient (Wildman–Crippen LogP) is 2.96. The third-order valence-corrected chi connectivity index (χ3v) is 5.53. The van der Waals surface area contributed by atoms with Gasteiger partial charge in [0.25, 0.3) is 0 Å². The average molecular weight is 287 g/mol. The first-order valence-corrected chi connectivity index (χ1v) is 7.49. The summed E-state index contributed by atoms with van der Waals surface area (Å²) in [6.07, 6.45) is 2.60. The van der Waals surface area contributed by atoms with Crippen LogP contribution in [0.2, 0.25) is 0 Å². The smallest absolute Gasteiger partial charge is 0.0245 e. The van der Waals surface area contributed by atoms with Crippen molar-refractivity contribution in [3.63, 3.8) is 0 Å². The second-order valence-corrected chi connectivity index (χ2v) is 7.26. The van der Waals surface area contributed by atoms with E-state index in [4.69, 9.17) is 5.73 Å². The molecule has 2 nitrogen and oxygen atoms in total. The Morgan fingerprint density at radius 3 is 2.72 bits per heavy atom. The van der Waals surface area contributed by atoms with Crippen molar-refractivity contribution in [1.29, 1.82) is 0 Å². The number of thiophene rings is 1. The Morgan fingerprint density at radius 2 is 2.11 bits per heavy atom. The lowest BCUT2D eigenvalue weighted by Gasteiger charge is -2.18. The van der Waals surface area contributed by atoms with Gasteiger partial charge in [-0.1, -0.05) is 0 Å². The van der Waals surface area contributed by atoms with Crippen LogP contribution in [0, 0.1) is 25.7 Å². The number of aryl methyl sites for hydroxylation is 2. The van der Waals surface area contributed by atoms with E-state index in [2.05, 4.69) is 24.8 Å². The average Bonchev–Trinajstić information content (AvgIpc) is 2.88. The Morgan fingerprint density at radius 1 is 1.33 bits per heavy atom. The zero-order chi connectivity index (χ0) is 12.0. The van der Waals surface area contributed by atoms with E-state index < -0.39 is 0 Å². The summed E-state index contributed by atoms with van der Waals surface area (Å²) in [4.78, 5) is 5.54. The van der Waals surface area contributed by atoms with Gasteiger partial charge in [-0.05, 0) is 50.2 Å². The highest BCUT2D eigenvalue weighted by atomic mass is 35.5. The van der Waals surface area contributed by atoms with Crippen molar-refractivity contribution >= 4 is 23.7 Å². The fourth-order valence-corrected chi connectivity index (χ4v) is 4.55. The minimum atomic E-state index is 0. The second kappa shape index (κ2) is 5.49. The highest BCUT2D eigenvalue weighted by molar-refractivity contribution is 7.12. The van der Waals surface area contributed by atoms with Crippen molar-refractivity contribution in [1.82, 2.24) is 4.90 Å². The maximum atomic E-state index is 6.18. The van der Waals surface area contributed by atoms with Crippen LogP contribution in [0.1, 0.15) is 28.2 Å². The Labute approximate surface area is 120 Å². The molecule has 1 saturated carbocycles. The molecule has 18 heavy (non-hydrogen) atoms. The molecule has 2 aliphatic rings.